The highest BCUT2D eigenvalue weighted by atomic mass is 79.9. The molecule has 3 heteroatoms. The Morgan fingerprint density at radius 1 is 0.741 bits per heavy atom. The normalized spacial score (nSPS) is 11.2. The third-order valence-corrected chi connectivity index (χ3v) is 4.61. The molecule has 0 saturated carbocycles. The maximum atomic E-state index is 12.2. The van der Waals surface area contributed by atoms with Gasteiger partial charge in [-0.25, -0.2) is 0 Å². The van der Waals surface area contributed by atoms with Gasteiger partial charge in [-0.1, -0.05) is 70.6 Å². The van der Waals surface area contributed by atoms with Crippen molar-refractivity contribution in [1.82, 2.24) is 0 Å². The molecule has 0 N–H and O–H groups in total. The molecule has 0 spiro atoms. The summed E-state index contributed by atoms with van der Waals surface area (Å²) in [7, 11) is 1.61. The molecule has 27 heavy (non-hydrogen) atoms. The molecule has 0 unspecified atom stereocenters. The summed E-state index contributed by atoms with van der Waals surface area (Å²) in [5, 5.41) is 0. The molecule has 0 radical (unpaired) electrons. The number of halogens is 1. The largest absolute Gasteiger partial charge is 0.497 e. The Labute approximate surface area is 167 Å². The van der Waals surface area contributed by atoms with E-state index in [-0.39, 0.29) is 5.78 Å². The number of hydrogen-bond acceptors (Lipinski definition) is 2. The number of methoxy groups -OCH3 is 1. The van der Waals surface area contributed by atoms with Crippen molar-refractivity contribution in [3.8, 4) is 5.75 Å². The monoisotopic (exact) mass is 418 g/mol. The molecule has 134 valence electrons. The van der Waals surface area contributed by atoms with Gasteiger partial charge in [0.25, 0.3) is 0 Å². The van der Waals surface area contributed by atoms with E-state index in [9.17, 15) is 4.79 Å². The van der Waals surface area contributed by atoms with Gasteiger partial charge >= 0.3 is 0 Å². The van der Waals surface area contributed by atoms with Crippen molar-refractivity contribution >= 4 is 39.9 Å². The fourth-order valence-electron chi connectivity index (χ4n) is 2.51. The van der Waals surface area contributed by atoms with Crippen LogP contribution in [0.3, 0.4) is 0 Å². The lowest BCUT2D eigenvalue weighted by Gasteiger charge is -2.00. The fourth-order valence-corrected chi connectivity index (χ4v) is 2.77. The van der Waals surface area contributed by atoms with Gasteiger partial charge in [-0.2, -0.15) is 0 Å². The summed E-state index contributed by atoms with van der Waals surface area (Å²) >= 11 is 3.44. The second-order valence-corrected chi connectivity index (χ2v) is 6.89. The number of rotatable bonds is 6. The second-order valence-electron chi connectivity index (χ2n) is 5.98. The lowest BCUT2D eigenvalue weighted by molar-refractivity contribution is 0.104. The average molecular weight is 419 g/mol. The first-order chi connectivity index (χ1) is 13.1. The van der Waals surface area contributed by atoms with E-state index in [4.69, 9.17) is 4.74 Å². The van der Waals surface area contributed by atoms with Gasteiger partial charge in [-0.05, 0) is 59.2 Å². The van der Waals surface area contributed by atoms with Gasteiger partial charge in [0.1, 0.15) is 5.75 Å². The molecule has 2 nitrogen and oxygen atoms in total. The number of ketones is 1. The highest BCUT2D eigenvalue weighted by molar-refractivity contribution is 9.10. The smallest absolute Gasteiger partial charge is 0.185 e. The third kappa shape index (κ3) is 5.53. The zero-order valence-corrected chi connectivity index (χ0v) is 16.5. The van der Waals surface area contributed by atoms with Crippen molar-refractivity contribution in [2.24, 2.45) is 0 Å². The van der Waals surface area contributed by atoms with Gasteiger partial charge in [-0.3, -0.25) is 4.79 Å². The molecular weight excluding hydrogens is 400 g/mol. The third-order valence-electron chi connectivity index (χ3n) is 4.08. The molecular formula is C24H19BrO2. The van der Waals surface area contributed by atoms with Crippen LogP contribution in [0.15, 0.2) is 83.3 Å². The number of carbonyl (C=O) groups excluding carboxylic acids is 1. The predicted molar refractivity (Wildman–Crippen MR) is 116 cm³/mol. The molecule has 3 aromatic rings. The van der Waals surface area contributed by atoms with Crippen molar-refractivity contribution in [3.63, 3.8) is 0 Å². The van der Waals surface area contributed by atoms with Gasteiger partial charge in [0.05, 0.1) is 7.11 Å². The lowest BCUT2D eigenvalue weighted by atomic mass is 10.1. The standard InChI is InChI=1S/C24H19BrO2/c1-27-23-15-11-21(12-16-23)24(26)17-10-19-5-2-18(3-6-19)4-7-20-8-13-22(25)14-9-20/h2-17H,1H3/b7-4+,17-10+. The number of ether oxygens (including phenoxy) is 1. The van der Waals surface area contributed by atoms with E-state index in [1.807, 2.05) is 42.5 Å². The molecule has 0 amide bonds. The zero-order valence-electron chi connectivity index (χ0n) is 14.9. The molecule has 0 fully saturated rings. The number of allylic oxidation sites excluding steroid dienone is 1. The Balaban J connectivity index is 1.63. The Morgan fingerprint density at radius 3 is 1.74 bits per heavy atom. The summed E-state index contributed by atoms with van der Waals surface area (Å²) in [5.74, 6) is 0.708. The highest BCUT2D eigenvalue weighted by Gasteiger charge is 2.01. The predicted octanol–water partition coefficient (Wildman–Crippen LogP) is 6.52. The SMILES string of the molecule is COc1ccc(C(=O)/C=C/c2ccc(/C=C/c3ccc(Br)cc3)cc2)cc1. The summed E-state index contributed by atoms with van der Waals surface area (Å²) in [5.41, 5.74) is 3.88. The number of benzene rings is 3. The van der Waals surface area contributed by atoms with E-state index in [0.29, 0.717) is 5.56 Å². The Hall–Kier alpha value is -2.91. The van der Waals surface area contributed by atoms with E-state index >= 15 is 0 Å². The minimum atomic E-state index is -0.0307. The van der Waals surface area contributed by atoms with Crippen LogP contribution >= 0.6 is 15.9 Å². The molecule has 0 aliphatic rings. The number of carbonyl (C=O) groups is 1. The molecule has 3 aromatic carbocycles. The fraction of sp³-hybridized carbons (Fsp3) is 0.0417. The summed E-state index contributed by atoms with van der Waals surface area (Å²) in [4.78, 5) is 12.2. The van der Waals surface area contributed by atoms with E-state index in [1.54, 1.807) is 37.5 Å². The van der Waals surface area contributed by atoms with Crippen LogP contribution in [0.1, 0.15) is 27.0 Å². The minimum absolute atomic E-state index is 0.0307. The van der Waals surface area contributed by atoms with Crippen molar-refractivity contribution in [1.29, 1.82) is 0 Å². The lowest BCUT2D eigenvalue weighted by Crippen LogP contribution is -1.94. The Kier molecular flexibility index (Phi) is 6.39. The van der Waals surface area contributed by atoms with Crippen LogP contribution in [-0.2, 0) is 0 Å². The first-order valence-corrected chi connectivity index (χ1v) is 9.33. The van der Waals surface area contributed by atoms with Crippen molar-refractivity contribution in [2.45, 2.75) is 0 Å². The summed E-state index contributed by atoms with van der Waals surface area (Å²) in [6, 6.07) is 23.3. The second kappa shape index (κ2) is 9.15. The summed E-state index contributed by atoms with van der Waals surface area (Å²) < 4.78 is 6.18. The molecule has 3 rings (SSSR count). The zero-order chi connectivity index (χ0) is 19.1. The van der Waals surface area contributed by atoms with Gasteiger partial charge in [0, 0.05) is 10.0 Å². The van der Waals surface area contributed by atoms with Gasteiger partial charge in [-0.15, -0.1) is 0 Å². The topological polar surface area (TPSA) is 26.3 Å². The first-order valence-electron chi connectivity index (χ1n) is 8.54. The molecule has 0 bridgehead atoms. The van der Waals surface area contributed by atoms with Crippen LogP contribution < -0.4 is 4.74 Å². The Morgan fingerprint density at radius 2 is 1.22 bits per heavy atom. The van der Waals surface area contributed by atoms with Crippen LogP contribution in [0.25, 0.3) is 18.2 Å². The van der Waals surface area contributed by atoms with Crippen molar-refractivity contribution in [3.05, 3.63) is 106 Å². The molecule has 0 heterocycles. The quantitative estimate of drug-likeness (QED) is 0.258. The van der Waals surface area contributed by atoms with Gasteiger partial charge < -0.3 is 4.74 Å². The summed E-state index contributed by atoms with van der Waals surface area (Å²) in [6.45, 7) is 0. The van der Waals surface area contributed by atoms with E-state index in [2.05, 4.69) is 40.2 Å². The van der Waals surface area contributed by atoms with E-state index in [0.717, 1.165) is 26.9 Å². The Bertz CT molecular complexity index is 951. The molecule has 0 aliphatic carbocycles. The number of hydrogen-bond donors (Lipinski definition) is 0. The molecule has 0 atom stereocenters. The van der Waals surface area contributed by atoms with Crippen LogP contribution in [-0.4, -0.2) is 12.9 Å². The summed E-state index contributed by atoms with van der Waals surface area (Å²) in [6.07, 6.45) is 7.56. The molecule has 0 aliphatic heterocycles. The van der Waals surface area contributed by atoms with E-state index < -0.39 is 0 Å². The first kappa shape index (κ1) is 18.9. The highest BCUT2D eigenvalue weighted by Crippen LogP contribution is 2.15. The van der Waals surface area contributed by atoms with Gasteiger partial charge in [0.2, 0.25) is 0 Å². The minimum Gasteiger partial charge on any atom is -0.497 e. The van der Waals surface area contributed by atoms with Gasteiger partial charge in [0.15, 0.2) is 5.78 Å². The van der Waals surface area contributed by atoms with Crippen LogP contribution in [0.2, 0.25) is 0 Å². The van der Waals surface area contributed by atoms with Crippen LogP contribution in [0, 0.1) is 0 Å². The molecule has 0 aromatic heterocycles. The van der Waals surface area contributed by atoms with E-state index in [1.165, 1.54) is 0 Å². The molecule has 0 saturated heterocycles. The van der Waals surface area contributed by atoms with Crippen LogP contribution in [0.4, 0.5) is 0 Å². The maximum absolute atomic E-state index is 12.2. The maximum Gasteiger partial charge on any atom is 0.185 e. The van der Waals surface area contributed by atoms with Crippen molar-refractivity contribution in [2.75, 3.05) is 7.11 Å². The average Bonchev–Trinajstić information content (AvgIpc) is 2.72. The van der Waals surface area contributed by atoms with Crippen LogP contribution in [0.5, 0.6) is 5.75 Å². The van der Waals surface area contributed by atoms with Crippen molar-refractivity contribution < 1.29 is 9.53 Å².